The van der Waals surface area contributed by atoms with Gasteiger partial charge in [-0.2, -0.15) is 5.10 Å². The summed E-state index contributed by atoms with van der Waals surface area (Å²) in [6.07, 6.45) is 0. The van der Waals surface area contributed by atoms with Crippen molar-refractivity contribution in [2.75, 3.05) is 6.54 Å². The summed E-state index contributed by atoms with van der Waals surface area (Å²) in [5, 5.41) is 8.73. The molecule has 5 heteroatoms. The Morgan fingerprint density at radius 2 is 2.15 bits per heavy atom. The Labute approximate surface area is 123 Å². The average molecular weight is 293 g/mol. The van der Waals surface area contributed by atoms with Crippen molar-refractivity contribution in [3.05, 3.63) is 41.3 Å². The summed E-state index contributed by atoms with van der Waals surface area (Å²) in [7, 11) is 1.92. The molecule has 1 heterocycles. The molecule has 108 valence electrons. The quantitative estimate of drug-likeness (QED) is 0.912. The number of halogens is 1. The van der Waals surface area contributed by atoms with E-state index in [1.165, 1.54) is 6.07 Å². The van der Waals surface area contributed by atoms with E-state index >= 15 is 0 Å². The molecular formula is C15H20FN3S. The van der Waals surface area contributed by atoms with E-state index in [2.05, 4.69) is 17.3 Å². The predicted molar refractivity (Wildman–Crippen MR) is 80.6 cm³/mol. The van der Waals surface area contributed by atoms with Gasteiger partial charge in [-0.25, -0.2) is 4.39 Å². The van der Waals surface area contributed by atoms with Crippen LogP contribution in [0, 0.1) is 12.7 Å². The van der Waals surface area contributed by atoms with Gasteiger partial charge in [0.25, 0.3) is 0 Å². The second-order valence-electron chi connectivity index (χ2n) is 4.81. The summed E-state index contributed by atoms with van der Waals surface area (Å²) in [5.41, 5.74) is 1.97. The van der Waals surface area contributed by atoms with Crippen molar-refractivity contribution in [2.24, 2.45) is 7.05 Å². The van der Waals surface area contributed by atoms with Crippen molar-refractivity contribution in [3.63, 3.8) is 0 Å². The van der Waals surface area contributed by atoms with Gasteiger partial charge in [0.15, 0.2) is 0 Å². The molecule has 2 rings (SSSR count). The molecule has 1 N–H and O–H groups in total. The minimum absolute atomic E-state index is 0.118. The first-order valence-electron chi connectivity index (χ1n) is 6.72. The third kappa shape index (κ3) is 3.41. The minimum Gasteiger partial charge on any atom is -0.310 e. The Morgan fingerprint density at radius 1 is 1.40 bits per heavy atom. The molecule has 0 aliphatic carbocycles. The Kier molecular flexibility index (Phi) is 4.83. The zero-order valence-corrected chi connectivity index (χ0v) is 13.1. The van der Waals surface area contributed by atoms with Gasteiger partial charge in [0.05, 0.1) is 10.7 Å². The van der Waals surface area contributed by atoms with E-state index in [0.717, 1.165) is 27.7 Å². The molecule has 0 radical (unpaired) electrons. The molecule has 0 aliphatic heterocycles. The lowest BCUT2D eigenvalue weighted by atomic mass is 10.1. The number of hydrogen-bond acceptors (Lipinski definition) is 3. The SMILES string of the molecule is CCNC(C)c1cc(F)ccc1Sc1cc(C)nn1C. The van der Waals surface area contributed by atoms with Gasteiger partial charge in [0.2, 0.25) is 0 Å². The fourth-order valence-electron chi connectivity index (χ4n) is 2.16. The number of nitrogens with zero attached hydrogens (tertiary/aromatic N) is 2. The summed E-state index contributed by atoms with van der Waals surface area (Å²) in [6.45, 7) is 6.92. The summed E-state index contributed by atoms with van der Waals surface area (Å²) < 4.78 is 15.4. The highest BCUT2D eigenvalue weighted by atomic mass is 32.2. The predicted octanol–water partition coefficient (Wildman–Crippen LogP) is 3.69. The van der Waals surface area contributed by atoms with E-state index in [1.807, 2.05) is 37.7 Å². The molecule has 2 aromatic rings. The van der Waals surface area contributed by atoms with E-state index in [4.69, 9.17) is 0 Å². The monoisotopic (exact) mass is 293 g/mol. The molecule has 0 fully saturated rings. The fraction of sp³-hybridized carbons (Fsp3) is 0.400. The summed E-state index contributed by atoms with van der Waals surface area (Å²) in [4.78, 5) is 1.06. The van der Waals surface area contributed by atoms with Crippen LogP contribution in [0.15, 0.2) is 34.2 Å². The molecule has 0 saturated carbocycles. The van der Waals surface area contributed by atoms with Crippen LogP contribution in [-0.2, 0) is 7.05 Å². The number of aryl methyl sites for hydroxylation is 2. The number of rotatable bonds is 5. The van der Waals surface area contributed by atoms with Crippen LogP contribution in [0.3, 0.4) is 0 Å². The molecule has 1 unspecified atom stereocenters. The van der Waals surface area contributed by atoms with Gasteiger partial charge in [0.1, 0.15) is 5.82 Å². The Balaban J connectivity index is 2.33. The lowest BCUT2D eigenvalue weighted by Crippen LogP contribution is -2.18. The van der Waals surface area contributed by atoms with Crippen LogP contribution in [0.5, 0.6) is 0 Å². The largest absolute Gasteiger partial charge is 0.310 e. The van der Waals surface area contributed by atoms with Crippen LogP contribution in [0.25, 0.3) is 0 Å². The van der Waals surface area contributed by atoms with Gasteiger partial charge >= 0.3 is 0 Å². The van der Waals surface area contributed by atoms with Crippen LogP contribution in [0.4, 0.5) is 4.39 Å². The van der Waals surface area contributed by atoms with E-state index in [-0.39, 0.29) is 11.9 Å². The Morgan fingerprint density at radius 3 is 2.75 bits per heavy atom. The van der Waals surface area contributed by atoms with Crippen molar-refractivity contribution >= 4 is 11.8 Å². The van der Waals surface area contributed by atoms with Crippen molar-refractivity contribution < 1.29 is 4.39 Å². The highest BCUT2D eigenvalue weighted by Gasteiger charge is 2.14. The standard InChI is InChI=1S/C15H20FN3S/c1-5-17-11(3)13-9-12(16)6-7-14(13)20-15-8-10(2)18-19(15)4/h6-9,11,17H,5H2,1-4H3. The van der Waals surface area contributed by atoms with Gasteiger partial charge in [-0.05, 0) is 50.2 Å². The second kappa shape index (κ2) is 6.41. The van der Waals surface area contributed by atoms with Crippen molar-refractivity contribution in [3.8, 4) is 0 Å². The number of aromatic nitrogens is 2. The number of benzene rings is 1. The smallest absolute Gasteiger partial charge is 0.123 e. The summed E-state index contributed by atoms with van der Waals surface area (Å²) in [5.74, 6) is -0.199. The second-order valence-corrected chi connectivity index (χ2v) is 5.87. The first kappa shape index (κ1) is 15.1. The van der Waals surface area contributed by atoms with Gasteiger partial charge in [-0.1, -0.05) is 18.7 Å². The highest BCUT2D eigenvalue weighted by Crippen LogP contribution is 2.33. The number of hydrogen-bond donors (Lipinski definition) is 1. The van der Waals surface area contributed by atoms with Crippen molar-refractivity contribution in [1.82, 2.24) is 15.1 Å². The molecule has 0 bridgehead atoms. The molecule has 1 aromatic carbocycles. The van der Waals surface area contributed by atoms with E-state index in [1.54, 1.807) is 17.8 Å². The fourth-order valence-corrected chi connectivity index (χ4v) is 3.28. The van der Waals surface area contributed by atoms with E-state index < -0.39 is 0 Å². The Bertz CT molecular complexity index is 595. The highest BCUT2D eigenvalue weighted by molar-refractivity contribution is 7.99. The first-order valence-corrected chi connectivity index (χ1v) is 7.54. The zero-order chi connectivity index (χ0) is 14.7. The van der Waals surface area contributed by atoms with Crippen LogP contribution < -0.4 is 5.32 Å². The van der Waals surface area contributed by atoms with Crippen molar-refractivity contribution in [2.45, 2.75) is 36.7 Å². The molecule has 1 aromatic heterocycles. The zero-order valence-electron chi connectivity index (χ0n) is 12.3. The maximum absolute atomic E-state index is 13.5. The average Bonchev–Trinajstić information content (AvgIpc) is 2.70. The molecule has 0 amide bonds. The molecule has 0 saturated heterocycles. The third-order valence-electron chi connectivity index (χ3n) is 3.12. The summed E-state index contributed by atoms with van der Waals surface area (Å²) >= 11 is 1.62. The van der Waals surface area contributed by atoms with Gasteiger partial charge < -0.3 is 5.32 Å². The molecule has 20 heavy (non-hydrogen) atoms. The maximum atomic E-state index is 13.5. The topological polar surface area (TPSA) is 29.9 Å². The van der Waals surface area contributed by atoms with Gasteiger partial charge in [-0.3, -0.25) is 4.68 Å². The Hall–Kier alpha value is -1.33. The van der Waals surface area contributed by atoms with Crippen LogP contribution in [0.2, 0.25) is 0 Å². The molecule has 0 spiro atoms. The molecular weight excluding hydrogens is 273 g/mol. The van der Waals surface area contributed by atoms with E-state index in [0.29, 0.717) is 0 Å². The van der Waals surface area contributed by atoms with Crippen LogP contribution in [-0.4, -0.2) is 16.3 Å². The molecule has 1 atom stereocenters. The lowest BCUT2D eigenvalue weighted by Gasteiger charge is -2.17. The minimum atomic E-state index is -0.199. The summed E-state index contributed by atoms with van der Waals surface area (Å²) in [6, 6.07) is 7.11. The molecule has 3 nitrogen and oxygen atoms in total. The maximum Gasteiger partial charge on any atom is 0.123 e. The lowest BCUT2D eigenvalue weighted by molar-refractivity contribution is 0.574. The first-order chi connectivity index (χ1) is 9.51. The van der Waals surface area contributed by atoms with Crippen molar-refractivity contribution in [1.29, 1.82) is 0 Å². The third-order valence-corrected chi connectivity index (χ3v) is 4.31. The van der Waals surface area contributed by atoms with Crippen LogP contribution in [0.1, 0.15) is 31.1 Å². The van der Waals surface area contributed by atoms with E-state index in [9.17, 15) is 4.39 Å². The van der Waals surface area contributed by atoms with Crippen LogP contribution >= 0.6 is 11.8 Å². The number of nitrogens with one attached hydrogen (secondary N) is 1. The normalized spacial score (nSPS) is 12.7. The molecule has 0 aliphatic rings. The van der Waals surface area contributed by atoms with Gasteiger partial charge in [-0.15, -0.1) is 0 Å². The van der Waals surface area contributed by atoms with Gasteiger partial charge in [0, 0.05) is 18.0 Å².